The highest BCUT2D eigenvalue weighted by atomic mass is 32.1. The van der Waals surface area contributed by atoms with E-state index in [2.05, 4.69) is 15.4 Å². The average Bonchev–Trinajstić information content (AvgIpc) is 3.13. The number of H-pyrrole nitrogens is 1. The smallest absolute Gasteiger partial charge is 0.273 e. The molecule has 1 unspecified atom stereocenters. The zero-order chi connectivity index (χ0) is 14.8. The minimum atomic E-state index is -0.192. The van der Waals surface area contributed by atoms with Crippen LogP contribution in [0.1, 0.15) is 23.5 Å². The molecule has 2 N–H and O–H groups in total. The number of methoxy groups -OCH3 is 1. The Morgan fingerprint density at radius 3 is 3.19 bits per heavy atom. The normalized spacial score (nSPS) is 12.7. The summed E-state index contributed by atoms with van der Waals surface area (Å²) in [6.07, 6.45) is 1.83. The molecular weight excluding hydrogens is 288 g/mol. The number of carbonyl (C=O) groups excluding carboxylic acids is 1. The van der Waals surface area contributed by atoms with Crippen molar-refractivity contribution in [3.63, 3.8) is 0 Å². The first kappa shape index (κ1) is 13.8. The van der Waals surface area contributed by atoms with Crippen LogP contribution in [0.4, 0.5) is 5.82 Å². The summed E-state index contributed by atoms with van der Waals surface area (Å²) < 4.78 is 7.93. The number of carbonyl (C=O) groups is 1. The maximum Gasteiger partial charge on any atom is 0.273 e. The van der Waals surface area contributed by atoms with E-state index in [1.165, 1.54) is 0 Å². The largest absolute Gasteiger partial charge is 0.382 e. The standard InChI is InChI=1S/C14H16N4O2S/c1-9(8-20-2)18-5-3-13(17-18)16-14(19)11-7-12-10(15-11)4-6-21-12/h3-7,9,15H,8H2,1-2H3,(H,16,17,19). The number of hydrogen-bond donors (Lipinski definition) is 2. The van der Waals surface area contributed by atoms with E-state index in [1.54, 1.807) is 29.2 Å². The van der Waals surface area contributed by atoms with Gasteiger partial charge in [0.25, 0.3) is 5.91 Å². The van der Waals surface area contributed by atoms with Crippen molar-refractivity contribution in [2.24, 2.45) is 0 Å². The third-order valence-corrected chi connectivity index (χ3v) is 4.06. The fraction of sp³-hybridized carbons (Fsp3) is 0.286. The van der Waals surface area contributed by atoms with Gasteiger partial charge < -0.3 is 15.0 Å². The van der Waals surface area contributed by atoms with E-state index < -0.39 is 0 Å². The van der Waals surface area contributed by atoms with Crippen molar-refractivity contribution in [3.8, 4) is 0 Å². The fourth-order valence-corrected chi connectivity index (χ4v) is 2.90. The Labute approximate surface area is 125 Å². The average molecular weight is 304 g/mol. The molecule has 0 aliphatic heterocycles. The van der Waals surface area contributed by atoms with Gasteiger partial charge in [-0.1, -0.05) is 0 Å². The molecule has 21 heavy (non-hydrogen) atoms. The number of rotatable bonds is 5. The summed E-state index contributed by atoms with van der Waals surface area (Å²) in [6.45, 7) is 2.57. The molecule has 1 atom stereocenters. The number of aromatic nitrogens is 3. The first-order valence-corrected chi connectivity index (χ1v) is 7.47. The minimum absolute atomic E-state index is 0.122. The quantitative estimate of drug-likeness (QED) is 0.761. The van der Waals surface area contributed by atoms with Gasteiger partial charge in [-0.05, 0) is 24.4 Å². The lowest BCUT2D eigenvalue weighted by atomic mass is 10.4. The number of hydrogen-bond acceptors (Lipinski definition) is 4. The molecular formula is C14H16N4O2S. The van der Waals surface area contributed by atoms with E-state index in [-0.39, 0.29) is 11.9 Å². The number of anilines is 1. The summed E-state index contributed by atoms with van der Waals surface area (Å²) in [5.41, 5.74) is 1.51. The number of nitrogens with zero attached hydrogens (tertiary/aromatic N) is 2. The summed E-state index contributed by atoms with van der Waals surface area (Å²) in [6, 6.07) is 5.70. The second-order valence-corrected chi connectivity index (χ2v) is 5.77. The lowest BCUT2D eigenvalue weighted by Gasteiger charge is -2.10. The third kappa shape index (κ3) is 2.84. The Bertz CT molecular complexity index is 729. The topological polar surface area (TPSA) is 71.9 Å². The third-order valence-electron chi connectivity index (χ3n) is 3.19. The van der Waals surface area contributed by atoms with E-state index in [9.17, 15) is 4.79 Å². The van der Waals surface area contributed by atoms with Crippen LogP contribution in [-0.2, 0) is 4.74 Å². The van der Waals surface area contributed by atoms with Gasteiger partial charge >= 0.3 is 0 Å². The lowest BCUT2D eigenvalue weighted by Crippen LogP contribution is -2.15. The zero-order valence-electron chi connectivity index (χ0n) is 11.8. The Balaban J connectivity index is 1.71. The second kappa shape index (κ2) is 5.71. The van der Waals surface area contributed by atoms with E-state index >= 15 is 0 Å². The Morgan fingerprint density at radius 2 is 2.43 bits per heavy atom. The van der Waals surface area contributed by atoms with Gasteiger partial charge in [0, 0.05) is 19.4 Å². The molecule has 3 aromatic rings. The summed E-state index contributed by atoms with van der Waals surface area (Å²) in [7, 11) is 1.65. The van der Waals surface area contributed by atoms with Crippen molar-refractivity contribution in [1.29, 1.82) is 0 Å². The van der Waals surface area contributed by atoms with Crippen molar-refractivity contribution in [2.75, 3.05) is 19.0 Å². The van der Waals surface area contributed by atoms with E-state index in [0.717, 1.165) is 10.2 Å². The molecule has 0 aliphatic carbocycles. The van der Waals surface area contributed by atoms with Gasteiger partial charge in [-0.15, -0.1) is 11.3 Å². The van der Waals surface area contributed by atoms with E-state index in [0.29, 0.717) is 18.1 Å². The summed E-state index contributed by atoms with van der Waals surface area (Å²) in [5.74, 6) is 0.337. The molecule has 6 nitrogen and oxygen atoms in total. The van der Waals surface area contributed by atoms with Gasteiger partial charge in [0.2, 0.25) is 0 Å². The first-order valence-electron chi connectivity index (χ1n) is 6.59. The van der Waals surface area contributed by atoms with Gasteiger partial charge in [-0.2, -0.15) is 5.10 Å². The summed E-state index contributed by atoms with van der Waals surface area (Å²) >= 11 is 1.60. The van der Waals surface area contributed by atoms with Gasteiger partial charge in [-0.3, -0.25) is 9.48 Å². The summed E-state index contributed by atoms with van der Waals surface area (Å²) in [5, 5.41) is 9.11. The van der Waals surface area contributed by atoms with Crippen molar-refractivity contribution in [1.82, 2.24) is 14.8 Å². The Kier molecular flexibility index (Phi) is 3.76. The molecule has 0 aliphatic rings. The molecule has 0 saturated heterocycles. The van der Waals surface area contributed by atoms with Crippen molar-refractivity contribution in [3.05, 3.63) is 35.5 Å². The maximum absolute atomic E-state index is 12.2. The fourth-order valence-electron chi connectivity index (χ4n) is 2.12. The van der Waals surface area contributed by atoms with Gasteiger partial charge in [0.05, 0.1) is 22.9 Å². The zero-order valence-corrected chi connectivity index (χ0v) is 12.6. The molecule has 3 aromatic heterocycles. The van der Waals surface area contributed by atoms with Crippen LogP contribution in [0.15, 0.2) is 29.8 Å². The highest BCUT2D eigenvalue weighted by molar-refractivity contribution is 7.17. The van der Waals surface area contributed by atoms with E-state index in [4.69, 9.17) is 4.74 Å². The molecule has 3 heterocycles. The van der Waals surface area contributed by atoms with Crippen LogP contribution in [0.25, 0.3) is 10.2 Å². The number of thiophene rings is 1. The van der Waals surface area contributed by atoms with E-state index in [1.807, 2.05) is 30.6 Å². The lowest BCUT2D eigenvalue weighted by molar-refractivity contribution is 0.102. The van der Waals surface area contributed by atoms with Gasteiger partial charge in [0.15, 0.2) is 5.82 Å². The molecule has 1 amide bonds. The predicted molar refractivity (Wildman–Crippen MR) is 82.9 cm³/mol. The van der Waals surface area contributed by atoms with Gasteiger partial charge in [0.1, 0.15) is 5.69 Å². The van der Waals surface area contributed by atoms with Crippen LogP contribution < -0.4 is 5.32 Å². The molecule has 110 valence electrons. The first-order chi connectivity index (χ1) is 10.2. The number of nitrogens with one attached hydrogen (secondary N) is 2. The Morgan fingerprint density at radius 1 is 1.57 bits per heavy atom. The second-order valence-electron chi connectivity index (χ2n) is 4.82. The molecule has 0 spiro atoms. The molecule has 0 bridgehead atoms. The highest BCUT2D eigenvalue weighted by Crippen LogP contribution is 2.21. The molecule has 3 rings (SSSR count). The van der Waals surface area contributed by atoms with Crippen LogP contribution in [-0.4, -0.2) is 34.4 Å². The van der Waals surface area contributed by atoms with Crippen LogP contribution >= 0.6 is 11.3 Å². The van der Waals surface area contributed by atoms with Gasteiger partial charge in [-0.25, -0.2) is 0 Å². The maximum atomic E-state index is 12.2. The molecule has 0 radical (unpaired) electrons. The molecule has 0 saturated carbocycles. The summed E-state index contributed by atoms with van der Waals surface area (Å²) in [4.78, 5) is 15.3. The highest BCUT2D eigenvalue weighted by Gasteiger charge is 2.13. The van der Waals surface area contributed by atoms with Crippen LogP contribution in [0.2, 0.25) is 0 Å². The SMILES string of the molecule is COCC(C)n1ccc(NC(=O)c2cc3sccc3[nH]2)n1. The minimum Gasteiger partial charge on any atom is -0.382 e. The van der Waals surface area contributed by atoms with Crippen LogP contribution in [0.5, 0.6) is 0 Å². The van der Waals surface area contributed by atoms with Crippen molar-refractivity contribution >= 4 is 33.3 Å². The predicted octanol–water partition coefficient (Wildman–Crippen LogP) is 2.89. The van der Waals surface area contributed by atoms with Crippen LogP contribution in [0.3, 0.4) is 0 Å². The van der Waals surface area contributed by atoms with Crippen molar-refractivity contribution < 1.29 is 9.53 Å². The molecule has 0 fully saturated rings. The van der Waals surface area contributed by atoms with Crippen molar-refractivity contribution in [2.45, 2.75) is 13.0 Å². The molecule has 7 heteroatoms. The monoisotopic (exact) mass is 304 g/mol. The number of aromatic amines is 1. The number of fused-ring (bicyclic) bond motifs is 1. The van der Waals surface area contributed by atoms with Crippen LogP contribution in [0, 0.1) is 0 Å². The molecule has 0 aromatic carbocycles. The number of amides is 1. The Hall–Kier alpha value is -2.12. The number of ether oxygens (including phenoxy) is 1.